The van der Waals surface area contributed by atoms with Crippen LogP contribution in [0.5, 0.6) is 0 Å². The third-order valence-corrected chi connectivity index (χ3v) is 3.61. The first-order valence-electron chi connectivity index (χ1n) is 8.06. The van der Waals surface area contributed by atoms with Crippen molar-refractivity contribution in [1.82, 2.24) is 10.3 Å². The van der Waals surface area contributed by atoms with Crippen LogP contribution < -0.4 is 16.0 Å². The second kappa shape index (κ2) is 11.6. The van der Waals surface area contributed by atoms with Gasteiger partial charge in [0, 0.05) is 45.0 Å². The molecule has 0 aliphatic rings. The van der Waals surface area contributed by atoms with E-state index in [0.717, 1.165) is 18.5 Å². The van der Waals surface area contributed by atoms with Crippen molar-refractivity contribution in [2.24, 2.45) is 10.7 Å². The Bertz CT molecular complexity index is 651. The SMILES string of the molecule is CN(CCCN=C(N)NCCc1ccccn1)c1ccccc1F.I. The lowest BCUT2D eigenvalue weighted by atomic mass is 10.2. The summed E-state index contributed by atoms with van der Waals surface area (Å²) in [7, 11) is 1.87. The van der Waals surface area contributed by atoms with Gasteiger partial charge in [0.05, 0.1) is 5.69 Å². The Morgan fingerprint density at radius 2 is 2.00 bits per heavy atom. The molecule has 3 N–H and O–H groups in total. The average Bonchev–Trinajstić information content (AvgIpc) is 2.60. The lowest BCUT2D eigenvalue weighted by Crippen LogP contribution is -2.33. The summed E-state index contributed by atoms with van der Waals surface area (Å²) in [6, 6.07) is 12.6. The molecular formula is C18H25FIN5. The summed E-state index contributed by atoms with van der Waals surface area (Å²) >= 11 is 0. The fourth-order valence-electron chi connectivity index (χ4n) is 2.31. The summed E-state index contributed by atoms with van der Waals surface area (Å²) in [5.41, 5.74) is 7.45. The Morgan fingerprint density at radius 1 is 1.24 bits per heavy atom. The molecule has 1 aromatic carbocycles. The first kappa shape index (κ1) is 21.1. The molecule has 0 amide bonds. The minimum Gasteiger partial charge on any atom is -0.372 e. The number of halogens is 2. The van der Waals surface area contributed by atoms with Gasteiger partial charge in [-0.15, -0.1) is 24.0 Å². The van der Waals surface area contributed by atoms with Crippen LogP contribution in [-0.2, 0) is 6.42 Å². The maximum absolute atomic E-state index is 13.7. The normalized spacial score (nSPS) is 10.9. The standard InChI is InChI=1S/C18H24FN5.HI/c1-24(17-9-3-2-8-16(17)19)14-6-12-22-18(20)23-13-10-15-7-4-5-11-21-15;/h2-5,7-9,11H,6,10,12-14H2,1H3,(H3,20,22,23);1H. The van der Waals surface area contributed by atoms with Crippen molar-refractivity contribution in [3.8, 4) is 0 Å². The van der Waals surface area contributed by atoms with Gasteiger partial charge >= 0.3 is 0 Å². The van der Waals surface area contributed by atoms with E-state index in [1.165, 1.54) is 6.07 Å². The number of rotatable bonds is 8. The van der Waals surface area contributed by atoms with Crippen LogP contribution in [0.2, 0.25) is 0 Å². The quantitative estimate of drug-likeness (QED) is 0.277. The summed E-state index contributed by atoms with van der Waals surface area (Å²) in [6.45, 7) is 2.01. The van der Waals surface area contributed by atoms with Crippen LogP contribution in [0.25, 0.3) is 0 Å². The highest BCUT2D eigenvalue weighted by Crippen LogP contribution is 2.16. The number of benzene rings is 1. The van der Waals surface area contributed by atoms with Gasteiger partial charge in [0.1, 0.15) is 5.82 Å². The van der Waals surface area contributed by atoms with Gasteiger partial charge in [-0.05, 0) is 30.7 Å². The fraction of sp³-hybridized carbons (Fsp3) is 0.333. The molecule has 25 heavy (non-hydrogen) atoms. The fourth-order valence-corrected chi connectivity index (χ4v) is 2.31. The van der Waals surface area contributed by atoms with E-state index in [9.17, 15) is 4.39 Å². The van der Waals surface area contributed by atoms with Gasteiger partial charge in [-0.1, -0.05) is 18.2 Å². The second-order valence-electron chi connectivity index (χ2n) is 5.49. The molecule has 1 aromatic heterocycles. The van der Waals surface area contributed by atoms with E-state index in [1.807, 2.05) is 36.2 Å². The Kier molecular flexibility index (Phi) is 9.83. The van der Waals surface area contributed by atoms with Crippen LogP contribution in [0.4, 0.5) is 10.1 Å². The maximum Gasteiger partial charge on any atom is 0.188 e. The van der Waals surface area contributed by atoms with Crippen LogP contribution in [0.3, 0.4) is 0 Å². The largest absolute Gasteiger partial charge is 0.372 e. The van der Waals surface area contributed by atoms with Crippen LogP contribution in [0.15, 0.2) is 53.7 Å². The average molecular weight is 457 g/mol. The minimum atomic E-state index is -0.209. The zero-order valence-corrected chi connectivity index (χ0v) is 16.7. The number of nitrogens with two attached hydrogens (primary N) is 1. The Morgan fingerprint density at radius 3 is 2.72 bits per heavy atom. The van der Waals surface area contributed by atoms with Crippen molar-refractivity contribution >= 4 is 35.6 Å². The van der Waals surface area contributed by atoms with E-state index in [1.54, 1.807) is 18.3 Å². The van der Waals surface area contributed by atoms with E-state index in [2.05, 4.69) is 15.3 Å². The summed E-state index contributed by atoms with van der Waals surface area (Å²) in [5.74, 6) is 0.221. The Labute approximate surface area is 165 Å². The second-order valence-corrected chi connectivity index (χ2v) is 5.49. The lowest BCUT2D eigenvalue weighted by molar-refractivity contribution is 0.620. The molecule has 0 spiro atoms. The highest BCUT2D eigenvalue weighted by atomic mass is 127. The third-order valence-electron chi connectivity index (χ3n) is 3.61. The molecule has 0 atom stereocenters. The molecular weight excluding hydrogens is 432 g/mol. The molecule has 1 heterocycles. The number of aromatic nitrogens is 1. The van der Waals surface area contributed by atoms with E-state index in [-0.39, 0.29) is 29.8 Å². The molecule has 0 unspecified atom stereocenters. The van der Waals surface area contributed by atoms with E-state index < -0.39 is 0 Å². The number of nitrogens with zero attached hydrogens (tertiary/aromatic N) is 3. The van der Waals surface area contributed by atoms with E-state index >= 15 is 0 Å². The number of aliphatic imine (C=N–C) groups is 1. The Balaban J connectivity index is 0.00000312. The lowest BCUT2D eigenvalue weighted by Gasteiger charge is -2.19. The number of nitrogens with one attached hydrogen (secondary N) is 1. The molecule has 0 fully saturated rings. The molecule has 0 radical (unpaired) electrons. The molecule has 5 nitrogen and oxygen atoms in total. The minimum absolute atomic E-state index is 0. The van der Waals surface area contributed by atoms with Crippen molar-refractivity contribution in [3.05, 3.63) is 60.2 Å². The number of para-hydroxylation sites is 1. The van der Waals surface area contributed by atoms with Crippen LogP contribution in [-0.4, -0.2) is 37.6 Å². The van der Waals surface area contributed by atoms with Crippen LogP contribution >= 0.6 is 24.0 Å². The van der Waals surface area contributed by atoms with Gasteiger partial charge in [-0.2, -0.15) is 0 Å². The predicted octanol–water partition coefficient (Wildman–Crippen LogP) is 2.81. The zero-order valence-electron chi connectivity index (χ0n) is 14.4. The van der Waals surface area contributed by atoms with Gasteiger partial charge in [-0.25, -0.2) is 4.39 Å². The molecule has 0 aliphatic carbocycles. The van der Waals surface area contributed by atoms with Crippen LogP contribution in [0, 0.1) is 5.82 Å². The monoisotopic (exact) mass is 457 g/mol. The number of hydrogen-bond acceptors (Lipinski definition) is 3. The number of pyridine rings is 1. The Hall–Kier alpha value is -1.90. The van der Waals surface area contributed by atoms with Gasteiger partial charge in [0.25, 0.3) is 0 Å². The molecule has 0 bridgehead atoms. The summed E-state index contributed by atoms with van der Waals surface area (Å²) in [4.78, 5) is 10.4. The van der Waals surface area contributed by atoms with E-state index in [0.29, 0.717) is 31.3 Å². The van der Waals surface area contributed by atoms with Crippen molar-refractivity contribution in [2.45, 2.75) is 12.8 Å². The zero-order chi connectivity index (χ0) is 17.2. The van der Waals surface area contributed by atoms with Crippen molar-refractivity contribution < 1.29 is 4.39 Å². The molecule has 0 saturated carbocycles. The molecule has 0 aliphatic heterocycles. The molecule has 2 rings (SSSR count). The summed E-state index contributed by atoms with van der Waals surface area (Å²) in [5, 5.41) is 3.07. The van der Waals surface area contributed by atoms with Crippen molar-refractivity contribution in [1.29, 1.82) is 0 Å². The van der Waals surface area contributed by atoms with E-state index in [4.69, 9.17) is 5.73 Å². The number of anilines is 1. The van der Waals surface area contributed by atoms with Crippen molar-refractivity contribution in [3.63, 3.8) is 0 Å². The first-order chi connectivity index (χ1) is 11.7. The highest BCUT2D eigenvalue weighted by molar-refractivity contribution is 14.0. The van der Waals surface area contributed by atoms with Gasteiger partial charge in [-0.3, -0.25) is 9.98 Å². The highest BCUT2D eigenvalue weighted by Gasteiger charge is 2.05. The maximum atomic E-state index is 13.7. The smallest absolute Gasteiger partial charge is 0.188 e. The van der Waals surface area contributed by atoms with Crippen LogP contribution in [0.1, 0.15) is 12.1 Å². The number of guanidine groups is 1. The summed E-state index contributed by atoms with van der Waals surface area (Å²) in [6.07, 6.45) is 3.37. The topological polar surface area (TPSA) is 66.5 Å². The van der Waals surface area contributed by atoms with Crippen molar-refractivity contribution in [2.75, 3.05) is 31.6 Å². The molecule has 7 heteroatoms. The van der Waals surface area contributed by atoms with Gasteiger partial charge < -0.3 is 16.0 Å². The molecule has 2 aromatic rings. The first-order valence-corrected chi connectivity index (χ1v) is 8.06. The predicted molar refractivity (Wildman–Crippen MR) is 112 cm³/mol. The van der Waals surface area contributed by atoms with Gasteiger partial charge in [0.2, 0.25) is 0 Å². The summed E-state index contributed by atoms with van der Waals surface area (Å²) < 4.78 is 13.7. The molecule has 136 valence electrons. The van der Waals surface area contributed by atoms with Gasteiger partial charge in [0.15, 0.2) is 5.96 Å². The third kappa shape index (κ3) is 7.68. The molecule has 0 saturated heterocycles. The number of hydrogen-bond donors (Lipinski definition) is 2.